The van der Waals surface area contributed by atoms with Crippen LogP contribution in [0.15, 0.2) is 42.5 Å². The number of nitriles is 1. The van der Waals surface area contributed by atoms with Gasteiger partial charge in [0, 0.05) is 17.9 Å². The van der Waals surface area contributed by atoms with E-state index in [4.69, 9.17) is 27.3 Å². The Morgan fingerprint density at radius 2 is 1.81 bits per heavy atom. The predicted molar refractivity (Wildman–Crippen MR) is 118 cm³/mol. The molecule has 0 bridgehead atoms. The summed E-state index contributed by atoms with van der Waals surface area (Å²) in [6, 6.07) is 12.0. The summed E-state index contributed by atoms with van der Waals surface area (Å²) in [4.78, 5) is 3.47. The number of hydrogen-bond donors (Lipinski definition) is 2. The summed E-state index contributed by atoms with van der Waals surface area (Å²) in [5.41, 5.74) is -0.983. The normalized spacial score (nSPS) is 16.8. The van der Waals surface area contributed by atoms with Crippen molar-refractivity contribution in [2.24, 2.45) is 0 Å². The number of benzene rings is 2. The molecule has 6 nitrogen and oxygen atoms in total. The molecule has 3 rings (SSSR count). The maximum atomic E-state index is 13.4. The van der Waals surface area contributed by atoms with Gasteiger partial charge >= 0.3 is 6.18 Å². The third kappa shape index (κ3) is 4.80. The van der Waals surface area contributed by atoms with E-state index in [0.29, 0.717) is 17.4 Å². The Bertz CT molecular complexity index is 1040. The Labute approximate surface area is 189 Å². The molecule has 0 amide bonds. The number of thiocarbonyl (C=S) groups is 1. The molecule has 2 N–H and O–H groups in total. The van der Waals surface area contributed by atoms with Crippen LogP contribution in [0.1, 0.15) is 25.0 Å². The maximum Gasteiger partial charge on any atom is 0.417 e. The zero-order valence-electron chi connectivity index (χ0n) is 17.4. The molecule has 10 heteroatoms. The molecule has 0 aromatic heterocycles. The summed E-state index contributed by atoms with van der Waals surface area (Å²) in [5.74, 6) is 0.489. The average molecular weight is 465 g/mol. The first-order valence-corrected chi connectivity index (χ1v) is 10.1. The molecule has 2 aromatic rings. The van der Waals surface area contributed by atoms with Crippen molar-refractivity contribution in [1.82, 2.24) is 0 Å². The lowest BCUT2D eigenvalue weighted by atomic mass is 10.0. The number of halogens is 3. The molecule has 0 radical (unpaired) electrons. The number of rotatable bonds is 6. The number of ether oxygens (including phenoxy) is 1. The van der Waals surface area contributed by atoms with Crippen LogP contribution in [0.5, 0.6) is 5.75 Å². The summed E-state index contributed by atoms with van der Waals surface area (Å²) in [5, 5.41) is 27.6. The minimum Gasteiger partial charge on any atom is -0.491 e. The van der Waals surface area contributed by atoms with Gasteiger partial charge in [-0.05, 0) is 68.5 Å². The fourth-order valence-electron chi connectivity index (χ4n) is 3.54. The molecule has 1 heterocycles. The summed E-state index contributed by atoms with van der Waals surface area (Å²) < 4.78 is 45.6. The van der Waals surface area contributed by atoms with Crippen molar-refractivity contribution < 1.29 is 28.1 Å². The second kappa shape index (κ2) is 8.94. The van der Waals surface area contributed by atoms with E-state index < -0.39 is 35.6 Å². The summed E-state index contributed by atoms with van der Waals surface area (Å²) in [6.45, 7) is 3.73. The largest absolute Gasteiger partial charge is 0.491 e. The topological polar surface area (TPSA) is 80.0 Å². The number of anilines is 2. The summed E-state index contributed by atoms with van der Waals surface area (Å²) in [6.07, 6.45) is -5.64. The van der Waals surface area contributed by atoms with E-state index in [-0.39, 0.29) is 12.3 Å². The van der Waals surface area contributed by atoms with Gasteiger partial charge < -0.3 is 24.7 Å². The zero-order chi connectivity index (χ0) is 23.7. The second-order valence-corrected chi connectivity index (χ2v) is 8.36. The molecule has 1 aliphatic heterocycles. The van der Waals surface area contributed by atoms with Crippen LogP contribution < -0.4 is 14.5 Å². The molecule has 170 valence electrons. The third-order valence-electron chi connectivity index (χ3n) is 5.06. The van der Waals surface area contributed by atoms with E-state index in [1.54, 1.807) is 35.2 Å². The van der Waals surface area contributed by atoms with Gasteiger partial charge in [0.15, 0.2) is 5.11 Å². The third-order valence-corrected chi connectivity index (χ3v) is 5.46. The standard InChI is InChI=1S/C22H22F3N3O3S/c1-21(2)13-27(16-4-3-14(10-26)19(9-16)22(23,24)25)20(32)28(21)15-5-7-18(8-6-15)31-12-17(30)11-29/h3-9,17,29-30H,11-13H2,1-2H3/t17-/m0/s1. The maximum absolute atomic E-state index is 13.4. The van der Waals surface area contributed by atoms with Gasteiger partial charge in [-0.3, -0.25) is 0 Å². The highest BCUT2D eigenvalue weighted by Gasteiger charge is 2.43. The number of aliphatic hydroxyl groups excluding tert-OH is 2. The average Bonchev–Trinajstić information content (AvgIpc) is 2.99. The highest BCUT2D eigenvalue weighted by Crippen LogP contribution is 2.39. The fourth-order valence-corrected chi connectivity index (χ4v) is 4.06. The lowest BCUT2D eigenvalue weighted by Crippen LogP contribution is -2.42. The molecule has 0 spiro atoms. The van der Waals surface area contributed by atoms with E-state index >= 15 is 0 Å². The van der Waals surface area contributed by atoms with Gasteiger partial charge in [0.1, 0.15) is 18.5 Å². The summed E-state index contributed by atoms with van der Waals surface area (Å²) in [7, 11) is 0. The minimum atomic E-state index is -4.66. The Morgan fingerprint density at radius 1 is 1.19 bits per heavy atom. The molecule has 1 aliphatic rings. The van der Waals surface area contributed by atoms with Crippen LogP contribution in [-0.2, 0) is 6.18 Å². The van der Waals surface area contributed by atoms with E-state index in [2.05, 4.69) is 0 Å². The van der Waals surface area contributed by atoms with Crippen molar-refractivity contribution in [3.8, 4) is 11.8 Å². The van der Waals surface area contributed by atoms with E-state index in [1.165, 1.54) is 6.07 Å². The zero-order valence-corrected chi connectivity index (χ0v) is 18.2. The van der Waals surface area contributed by atoms with Crippen molar-refractivity contribution in [3.05, 3.63) is 53.6 Å². The molecule has 1 fully saturated rings. The highest BCUT2D eigenvalue weighted by molar-refractivity contribution is 7.80. The molecule has 0 saturated carbocycles. The fraction of sp³-hybridized carbons (Fsp3) is 0.364. The van der Waals surface area contributed by atoms with Crippen LogP contribution in [-0.4, -0.2) is 46.7 Å². The molecule has 1 saturated heterocycles. The Hall–Kier alpha value is -2.87. The van der Waals surface area contributed by atoms with Gasteiger partial charge in [0.2, 0.25) is 0 Å². The first-order chi connectivity index (χ1) is 15.0. The Balaban J connectivity index is 1.88. The number of aliphatic hydroxyl groups is 2. The van der Waals surface area contributed by atoms with Crippen molar-refractivity contribution in [2.45, 2.75) is 31.7 Å². The Morgan fingerprint density at radius 3 is 2.38 bits per heavy atom. The van der Waals surface area contributed by atoms with Crippen molar-refractivity contribution in [1.29, 1.82) is 5.26 Å². The monoisotopic (exact) mass is 465 g/mol. The quantitative estimate of drug-likeness (QED) is 0.630. The van der Waals surface area contributed by atoms with Gasteiger partial charge in [0.05, 0.1) is 29.3 Å². The molecule has 0 aliphatic carbocycles. The van der Waals surface area contributed by atoms with Crippen LogP contribution in [0, 0.1) is 11.3 Å². The van der Waals surface area contributed by atoms with Gasteiger partial charge in [-0.2, -0.15) is 18.4 Å². The second-order valence-electron chi connectivity index (χ2n) is 8.00. The lowest BCUT2D eigenvalue weighted by molar-refractivity contribution is -0.137. The van der Waals surface area contributed by atoms with Crippen molar-refractivity contribution in [3.63, 3.8) is 0 Å². The molecule has 1 atom stereocenters. The van der Waals surface area contributed by atoms with Crippen LogP contribution in [0.2, 0.25) is 0 Å². The summed E-state index contributed by atoms with van der Waals surface area (Å²) >= 11 is 5.62. The molecule has 32 heavy (non-hydrogen) atoms. The van der Waals surface area contributed by atoms with Gasteiger partial charge in [-0.25, -0.2) is 0 Å². The molecule has 2 aromatic carbocycles. The smallest absolute Gasteiger partial charge is 0.417 e. The number of hydrogen-bond acceptors (Lipinski definition) is 5. The van der Waals surface area contributed by atoms with Crippen LogP contribution in [0.3, 0.4) is 0 Å². The molecule has 0 unspecified atom stereocenters. The highest BCUT2D eigenvalue weighted by atomic mass is 32.1. The van der Waals surface area contributed by atoms with E-state index in [9.17, 15) is 18.3 Å². The Kier molecular flexibility index (Phi) is 6.64. The van der Waals surface area contributed by atoms with Crippen molar-refractivity contribution >= 4 is 28.7 Å². The van der Waals surface area contributed by atoms with Crippen molar-refractivity contribution in [2.75, 3.05) is 29.6 Å². The first-order valence-electron chi connectivity index (χ1n) is 9.73. The predicted octanol–water partition coefficient (Wildman–Crippen LogP) is 3.70. The number of nitrogens with zero attached hydrogens (tertiary/aromatic N) is 3. The van der Waals surface area contributed by atoms with Crippen LogP contribution in [0.25, 0.3) is 0 Å². The number of alkyl halides is 3. The van der Waals surface area contributed by atoms with Gasteiger partial charge in [0.25, 0.3) is 0 Å². The van der Waals surface area contributed by atoms with Crippen LogP contribution in [0.4, 0.5) is 24.5 Å². The van der Waals surface area contributed by atoms with E-state index in [1.807, 2.05) is 18.7 Å². The molecular formula is C22H22F3N3O3S. The lowest BCUT2D eigenvalue weighted by Gasteiger charge is -2.31. The molecular weight excluding hydrogens is 443 g/mol. The SMILES string of the molecule is CC1(C)CN(c2ccc(C#N)c(C(F)(F)F)c2)C(=S)N1c1ccc(OC[C@@H](O)CO)cc1. The van der Waals surface area contributed by atoms with Crippen LogP contribution >= 0.6 is 12.2 Å². The van der Waals surface area contributed by atoms with Gasteiger partial charge in [-0.15, -0.1) is 0 Å². The van der Waals surface area contributed by atoms with Gasteiger partial charge in [-0.1, -0.05) is 0 Å². The first kappa shape index (κ1) is 23.8. The minimum absolute atomic E-state index is 0.0581. The van der Waals surface area contributed by atoms with E-state index in [0.717, 1.165) is 17.8 Å².